The molecule has 0 spiro atoms. The van der Waals surface area contributed by atoms with Crippen LogP contribution in [0, 0.1) is 5.82 Å². The minimum absolute atomic E-state index is 0.0278. The summed E-state index contributed by atoms with van der Waals surface area (Å²) < 4.78 is 54.6. The number of aryl methyl sites for hydroxylation is 1. The average Bonchev–Trinajstić information content (AvgIpc) is 2.92. The predicted molar refractivity (Wildman–Crippen MR) is 90.7 cm³/mol. The van der Waals surface area contributed by atoms with Gasteiger partial charge in [-0.15, -0.1) is 0 Å². The molecule has 0 saturated heterocycles. The minimum Gasteiger partial charge on any atom is -0.396 e. The second-order valence-electron chi connectivity index (χ2n) is 5.90. The van der Waals surface area contributed by atoms with E-state index in [1.54, 1.807) is 0 Å². The number of nitrogens with zero attached hydrogens (tertiary/aromatic N) is 2. The molecule has 3 aromatic rings. The molecule has 26 heavy (non-hydrogen) atoms. The maximum atomic E-state index is 14.1. The van der Waals surface area contributed by atoms with Crippen LogP contribution in [-0.4, -0.2) is 21.5 Å². The van der Waals surface area contributed by atoms with Gasteiger partial charge in [0.05, 0.1) is 23.3 Å². The van der Waals surface area contributed by atoms with Crippen molar-refractivity contribution in [3.63, 3.8) is 0 Å². The summed E-state index contributed by atoms with van der Waals surface area (Å²) in [4.78, 5) is 0. The lowest BCUT2D eigenvalue weighted by molar-refractivity contribution is -0.137. The number of aliphatic hydroxyl groups is 1. The van der Waals surface area contributed by atoms with E-state index < -0.39 is 17.6 Å². The van der Waals surface area contributed by atoms with Gasteiger partial charge in [-0.05, 0) is 37.1 Å². The summed E-state index contributed by atoms with van der Waals surface area (Å²) in [6, 6.07) is 7.52. The molecule has 8 heteroatoms. The molecule has 2 aromatic carbocycles. The minimum atomic E-state index is -4.49. The fourth-order valence-corrected chi connectivity index (χ4v) is 2.94. The van der Waals surface area contributed by atoms with Gasteiger partial charge in [-0.1, -0.05) is 23.7 Å². The first-order chi connectivity index (χ1) is 12.3. The van der Waals surface area contributed by atoms with Gasteiger partial charge in [-0.2, -0.15) is 18.3 Å². The van der Waals surface area contributed by atoms with Crippen molar-refractivity contribution in [3.8, 4) is 0 Å². The van der Waals surface area contributed by atoms with E-state index in [9.17, 15) is 17.6 Å². The lowest BCUT2D eigenvalue weighted by Crippen LogP contribution is -2.07. The first-order valence-corrected chi connectivity index (χ1v) is 8.29. The van der Waals surface area contributed by atoms with Crippen LogP contribution < -0.4 is 0 Å². The monoisotopic (exact) mass is 386 g/mol. The molecule has 1 heterocycles. The van der Waals surface area contributed by atoms with Crippen LogP contribution in [0.15, 0.2) is 36.4 Å². The van der Waals surface area contributed by atoms with E-state index in [0.717, 1.165) is 18.2 Å². The number of hydrogen-bond donors (Lipinski definition) is 1. The molecule has 138 valence electrons. The summed E-state index contributed by atoms with van der Waals surface area (Å²) in [7, 11) is 0. The number of aromatic nitrogens is 2. The van der Waals surface area contributed by atoms with E-state index >= 15 is 0 Å². The Morgan fingerprint density at radius 3 is 2.54 bits per heavy atom. The van der Waals surface area contributed by atoms with E-state index in [1.807, 2.05) is 0 Å². The summed E-state index contributed by atoms with van der Waals surface area (Å²) in [6.07, 6.45) is -3.64. The van der Waals surface area contributed by atoms with Gasteiger partial charge in [0.15, 0.2) is 0 Å². The largest absolute Gasteiger partial charge is 0.416 e. The van der Waals surface area contributed by atoms with Crippen LogP contribution in [-0.2, 0) is 19.1 Å². The van der Waals surface area contributed by atoms with Crippen LogP contribution in [0.1, 0.15) is 23.2 Å². The lowest BCUT2D eigenvalue weighted by atomic mass is 10.1. The van der Waals surface area contributed by atoms with Crippen LogP contribution in [0.2, 0.25) is 5.02 Å². The number of halogens is 5. The van der Waals surface area contributed by atoms with Gasteiger partial charge in [0.25, 0.3) is 0 Å². The van der Waals surface area contributed by atoms with Crippen molar-refractivity contribution in [3.05, 3.63) is 64.1 Å². The average molecular weight is 387 g/mol. The third-order valence-electron chi connectivity index (χ3n) is 4.06. The van der Waals surface area contributed by atoms with Crippen LogP contribution in [0.4, 0.5) is 17.6 Å². The normalized spacial score (nSPS) is 12.1. The van der Waals surface area contributed by atoms with Crippen molar-refractivity contribution >= 4 is 22.5 Å². The maximum Gasteiger partial charge on any atom is 0.416 e. The number of hydrogen-bond acceptors (Lipinski definition) is 2. The summed E-state index contributed by atoms with van der Waals surface area (Å²) in [5, 5.41) is 14.1. The molecule has 0 fully saturated rings. The second-order valence-corrected chi connectivity index (χ2v) is 6.33. The van der Waals surface area contributed by atoms with Crippen molar-refractivity contribution in [1.29, 1.82) is 0 Å². The fraction of sp³-hybridized carbons (Fsp3) is 0.278. The van der Waals surface area contributed by atoms with Gasteiger partial charge >= 0.3 is 6.18 Å². The Morgan fingerprint density at radius 2 is 1.88 bits per heavy atom. The van der Waals surface area contributed by atoms with Crippen molar-refractivity contribution < 1.29 is 22.7 Å². The van der Waals surface area contributed by atoms with Gasteiger partial charge in [0, 0.05) is 22.6 Å². The number of benzene rings is 2. The fourth-order valence-electron chi connectivity index (χ4n) is 2.78. The molecule has 0 unspecified atom stereocenters. The van der Waals surface area contributed by atoms with E-state index in [2.05, 4.69) is 5.10 Å². The summed E-state index contributed by atoms with van der Waals surface area (Å²) in [5.41, 5.74) is 0.306. The zero-order chi connectivity index (χ0) is 18.9. The lowest BCUT2D eigenvalue weighted by Gasteiger charge is -2.09. The van der Waals surface area contributed by atoms with Crippen molar-refractivity contribution in [2.75, 3.05) is 6.61 Å². The van der Waals surface area contributed by atoms with Crippen LogP contribution in [0.5, 0.6) is 0 Å². The molecule has 0 radical (unpaired) electrons. The SMILES string of the molecule is OCCCc1nn(Cc2ccc(Cl)cc2F)c2cc(C(F)(F)F)ccc12. The van der Waals surface area contributed by atoms with E-state index in [-0.39, 0.29) is 29.3 Å². The molecule has 1 aromatic heterocycles. The highest BCUT2D eigenvalue weighted by atomic mass is 35.5. The molecule has 3 rings (SSSR count). The van der Waals surface area contributed by atoms with E-state index in [4.69, 9.17) is 16.7 Å². The first-order valence-electron chi connectivity index (χ1n) is 7.91. The zero-order valence-corrected chi connectivity index (χ0v) is 14.3. The van der Waals surface area contributed by atoms with Crippen LogP contribution in [0.3, 0.4) is 0 Å². The zero-order valence-electron chi connectivity index (χ0n) is 13.5. The summed E-state index contributed by atoms with van der Waals surface area (Å²) >= 11 is 5.74. The van der Waals surface area contributed by atoms with Crippen LogP contribution in [0.25, 0.3) is 10.9 Å². The Morgan fingerprint density at radius 1 is 1.12 bits per heavy atom. The third kappa shape index (κ3) is 3.83. The molecule has 0 bridgehead atoms. The summed E-state index contributed by atoms with van der Waals surface area (Å²) in [6.45, 7) is -0.0826. The Labute approximate surface area is 151 Å². The smallest absolute Gasteiger partial charge is 0.396 e. The highest BCUT2D eigenvalue weighted by Crippen LogP contribution is 2.33. The third-order valence-corrected chi connectivity index (χ3v) is 4.30. The standard InChI is InChI=1S/C18H15ClF4N2O/c19-13-5-3-11(15(20)9-13)10-25-17-8-12(18(21,22)23)4-6-14(17)16(24-25)2-1-7-26/h3-6,8-9,26H,1-2,7,10H2. The van der Waals surface area contributed by atoms with Gasteiger partial charge in [-0.3, -0.25) is 4.68 Å². The maximum absolute atomic E-state index is 14.1. The van der Waals surface area contributed by atoms with Gasteiger partial charge in [0.1, 0.15) is 5.82 Å². The van der Waals surface area contributed by atoms with Crippen molar-refractivity contribution in [2.45, 2.75) is 25.6 Å². The number of alkyl halides is 3. The van der Waals surface area contributed by atoms with Gasteiger partial charge in [0.2, 0.25) is 0 Å². The highest BCUT2D eigenvalue weighted by molar-refractivity contribution is 6.30. The molecule has 0 amide bonds. The van der Waals surface area contributed by atoms with Crippen molar-refractivity contribution in [2.24, 2.45) is 0 Å². The summed E-state index contributed by atoms with van der Waals surface area (Å²) in [5.74, 6) is -0.551. The Kier molecular flexibility index (Phi) is 5.20. The Hall–Kier alpha value is -2.12. The molecular weight excluding hydrogens is 372 g/mol. The molecule has 0 saturated carbocycles. The molecule has 1 N–H and O–H groups in total. The number of fused-ring (bicyclic) bond motifs is 1. The topological polar surface area (TPSA) is 38.1 Å². The number of aliphatic hydroxyl groups excluding tert-OH is 1. The molecule has 0 aliphatic heterocycles. The van der Waals surface area contributed by atoms with Gasteiger partial charge in [-0.25, -0.2) is 4.39 Å². The quantitative estimate of drug-likeness (QED) is 0.638. The van der Waals surface area contributed by atoms with Gasteiger partial charge < -0.3 is 5.11 Å². The molecule has 3 nitrogen and oxygen atoms in total. The molecule has 0 aliphatic carbocycles. The first kappa shape index (κ1) is 18.7. The Balaban J connectivity index is 2.09. The Bertz CT molecular complexity index is 937. The number of rotatable bonds is 5. The second kappa shape index (κ2) is 7.25. The highest BCUT2D eigenvalue weighted by Gasteiger charge is 2.31. The molecule has 0 atom stereocenters. The molecular formula is C18H15ClF4N2O. The van der Waals surface area contributed by atoms with E-state index in [1.165, 1.54) is 22.9 Å². The van der Waals surface area contributed by atoms with Crippen molar-refractivity contribution in [1.82, 2.24) is 9.78 Å². The van der Waals surface area contributed by atoms with E-state index in [0.29, 0.717) is 23.9 Å². The predicted octanol–water partition coefficient (Wildman–Crippen LogP) is 4.82. The molecule has 0 aliphatic rings. The van der Waals surface area contributed by atoms with Crippen LogP contribution >= 0.6 is 11.6 Å².